The Labute approximate surface area is 184 Å². The molecular formula is C21H22ClN3O4S. The number of amides is 2. The van der Waals surface area contributed by atoms with Gasteiger partial charge < -0.3 is 14.8 Å². The van der Waals surface area contributed by atoms with Gasteiger partial charge in [0.25, 0.3) is 0 Å². The van der Waals surface area contributed by atoms with Crippen molar-refractivity contribution in [3.63, 3.8) is 0 Å². The maximum atomic E-state index is 12.1. The summed E-state index contributed by atoms with van der Waals surface area (Å²) >= 11 is 7.44. The van der Waals surface area contributed by atoms with Crippen LogP contribution in [0.1, 0.15) is 30.3 Å². The van der Waals surface area contributed by atoms with E-state index >= 15 is 0 Å². The van der Waals surface area contributed by atoms with Crippen molar-refractivity contribution in [2.45, 2.75) is 26.1 Å². The van der Waals surface area contributed by atoms with E-state index in [0.29, 0.717) is 34.7 Å². The number of nitrogens with zero attached hydrogens (tertiary/aromatic N) is 2. The highest BCUT2D eigenvalue weighted by Gasteiger charge is 2.34. The van der Waals surface area contributed by atoms with Gasteiger partial charge in [-0.25, -0.2) is 5.01 Å². The second-order valence-electron chi connectivity index (χ2n) is 6.61. The van der Waals surface area contributed by atoms with Crippen molar-refractivity contribution in [1.82, 2.24) is 10.3 Å². The van der Waals surface area contributed by atoms with E-state index in [1.165, 1.54) is 30.6 Å². The van der Waals surface area contributed by atoms with Crippen LogP contribution in [0.4, 0.5) is 0 Å². The van der Waals surface area contributed by atoms with Crippen LogP contribution in [-0.4, -0.2) is 35.2 Å². The van der Waals surface area contributed by atoms with Gasteiger partial charge in [0.05, 0.1) is 0 Å². The molecule has 1 aliphatic rings. The fourth-order valence-electron chi connectivity index (χ4n) is 2.75. The number of benzene rings is 2. The Morgan fingerprint density at radius 2 is 1.83 bits per heavy atom. The van der Waals surface area contributed by atoms with Crippen molar-refractivity contribution in [2.75, 3.05) is 13.2 Å². The average molecular weight is 448 g/mol. The predicted molar refractivity (Wildman–Crippen MR) is 118 cm³/mol. The maximum Gasteiger partial charge on any atom is 0.241 e. The van der Waals surface area contributed by atoms with Gasteiger partial charge in [-0.3, -0.25) is 9.59 Å². The monoisotopic (exact) mass is 447 g/mol. The number of carbonyl (C=O) groups is 2. The first-order valence-electron chi connectivity index (χ1n) is 9.28. The summed E-state index contributed by atoms with van der Waals surface area (Å²) in [6.45, 7) is 5.47. The molecule has 2 aromatic carbocycles. The highest BCUT2D eigenvalue weighted by atomic mass is 35.5. The zero-order valence-corrected chi connectivity index (χ0v) is 18.4. The van der Waals surface area contributed by atoms with E-state index in [0.717, 1.165) is 11.3 Å². The number of nitrogens with one attached hydrogen (secondary N) is 1. The van der Waals surface area contributed by atoms with E-state index in [1.807, 2.05) is 31.2 Å². The lowest BCUT2D eigenvalue weighted by molar-refractivity contribution is -0.129. The molecule has 2 aromatic rings. The lowest BCUT2D eigenvalue weighted by Gasteiger charge is -2.22. The lowest BCUT2D eigenvalue weighted by atomic mass is 10.2. The Hall–Kier alpha value is -2.71. The van der Waals surface area contributed by atoms with Crippen LogP contribution in [-0.2, 0) is 9.59 Å². The van der Waals surface area contributed by atoms with Crippen molar-refractivity contribution in [3.8, 4) is 11.5 Å². The summed E-state index contributed by atoms with van der Waals surface area (Å²) in [7, 11) is 0. The predicted octanol–water partition coefficient (Wildman–Crippen LogP) is 4.11. The molecule has 0 saturated heterocycles. The highest BCUT2D eigenvalue weighted by Crippen LogP contribution is 2.43. The number of aryl methyl sites for hydroxylation is 1. The van der Waals surface area contributed by atoms with Gasteiger partial charge in [0.1, 0.15) is 30.1 Å². The summed E-state index contributed by atoms with van der Waals surface area (Å²) in [4.78, 5) is 23.5. The SMILES string of the molecule is CC(=O)NC1=NN(C(C)=O)[C@H](c2cc(Cl)ccc2OCCOc2ccc(C)cc2)S1. The third-order valence-electron chi connectivity index (χ3n) is 4.12. The zero-order valence-electron chi connectivity index (χ0n) is 16.8. The van der Waals surface area contributed by atoms with Crippen molar-refractivity contribution in [3.05, 3.63) is 58.6 Å². The smallest absolute Gasteiger partial charge is 0.241 e. The first-order chi connectivity index (χ1) is 14.3. The lowest BCUT2D eigenvalue weighted by Crippen LogP contribution is -2.25. The molecule has 7 nitrogen and oxygen atoms in total. The van der Waals surface area contributed by atoms with Gasteiger partial charge in [0.2, 0.25) is 11.8 Å². The second-order valence-corrected chi connectivity index (χ2v) is 8.12. The van der Waals surface area contributed by atoms with Gasteiger partial charge in [-0.2, -0.15) is 0 Å². The minimum Gasteiger partial charge on any atom is -0.490 e. The van der Waals surface area contributed by atoms with E-state index in [1.54, 1.807) is 18.2 Å². The largest absolute Gasteiger partial charge is 0.490 e. The number of ether oxygens (including phenoxy) is 2. The average Bonchev–Trinajstić information content (AvgIpc) is 3.10. The van der Waals surface area contributed by atoms with Crippen LogP contribution in [0.2, 0.25) is 5.02 Å². The molecule has 30 heavy (non-hydrogen) atoms. The summed E-state index contributed by atoms with van der Waals surface area (Å²) in [6.07, 6.45) is 0. The molecule has 0 spiro atoms. The number of thioether (sulfide) groups is 1. The molecule has 0 aromatic heterocycles. The summed E-state index contributed by atoms with van der Waals surface area (Å²) in [5.74, 6) is 0.806. The summed E-state index contributed by atoms with van der Waals surface area (Å²) in [5, 5.41) is 8.48. The minimum absolute atomic E-state index is 0.263. The van der Waals surface area contributed by atoms with Crippen molar-refractivity contribution < 1.29 is 19.1 Å². The summed E-state index contributed by atoms with van der Waals surface area (Å²) in [6, 6.07) is 13.0. The van der Waals surface area contributed by atoms with Gasteiger partial charge in [-0.15, -0.1) is 5.10 Å². The minimum atomic E-state index is -0.504. The second kappa shape index (κ2) is 9.86. The van der Waals surface area contributed by atoms with Gasteiger partial charge >= 0.3 is 0 Å². The molecular weight excluding hydrogens is 426 g/mol. The van der Waals surface area contributed by atoms with Gasteiger partial charge in [-0.05, 0) is 37.3 Å². The molecule has 0 radical (unpaired) electrons. The maximum absolute atomic E-state index is 12.1. The summed E-state index contributed by atoms with van der Waals surface area (Å²) in [5.41, 5.74) is 1.84. The van der Waals surface area contributed by atoms with Gasteiger partial charge in [0, 0.05) is 24.4 Å². The Bertz CT molecular complexity index is 965. The van der Waals surface area contributed by atoms with E-state index in [4.69, 9.17) is 21.1 Å². The molecule has 1 heterocycles. The van der Waals surface area contributed by atoms with Crippen LogP contribution in [0.3, 0.4) is 0 Å². The molecule has 1 atom stereocenters. The third kappa shape index (κ3) is 5.67. The fraction of sp³-hybridized carbons (Fsp3) is 0.286. The number of halogens is 1. The molecule has 3 rings (SSSR count). The van der Waals surface area contributed by atoms with Crippen molar-refractivity contribution in [2.24, 2.45) is 5.10 Å². The molecule has 158 valence electrons. The van der Waals surface area contributed by atoms with Gasteiger partial charge in [0.15, 0.2) is 5.17 Å². The number of rotatable bonds is 6. The first-order valence-corrected chi connectivity index (χ1v) is 10.5. The van der Waals surface area contributed by atoms with Gasteiger partial charge in [-0.1, -0.05) is 41.1 Å². The molecule has 1 aliphatic heterocycles. The topological polar surface area (TPSA) is 80.2 Å². The Morgan fingerprint density at radius 1 is 1.13 bits per heavy atom. The third-order valence-corrected chi connectivity index (χ3v) is 5.44. The van der Waals surface area contributed by atoms with E-state index in [9.17, 15) is 9.59 Å². The van der Waals surface area contributed by atoms with E-state index < -0.39 is 5.37 Å². The van der Waals surface area contributed by atoms with E-state index in [2.05, 4.69) is 10.4 Å². The highest BCUT2D eigenvalue weighted by molar-refractivity contribution is 8.14. The van der Waals surface area contributed by atoms with Crippen LogP contribution >= 0.6 is 23.4 Å². The number of hydrazone groups is 1. The van der Waals surface area contributed by atoms with Crippen LogP contribution in [0.15, 0.2) is 47.6 Å². The molecule has 0 fully saturated rings. The van der Waals surface area contributed by atoms with Crippen LogP contribution in [0.25, 0.3) is 0 Å². The zero-order chi connectivity index (χ0) is 21.7. The number of carbonyl (C=O) groups excluding carboxylic acids is 2. The Balaban J connectivity index is 1.70. The molecule has 9 heteroatoms. The standard InChI is InChI=1S/C21H22ClN3O4S/c1-13-4-7-17(8-5-13)28-10-11-29-19-9-6-16(22)12-18(19)20-25(15(3)27)24-21(30-20)23-14(2)26/h4-9,12,20H,10-11H2,1-3H3,(H,23,24,26)/t20-/m0/s1. The fourth-order valence-corrected chi connectivity index (χ4v) is 4.09. The first kappa shape index (κ1) is 22.0. The molecule has 0 unspecified atom stereocenters. The Kier molecular flexibility index (Phi) is 7.23. The molecule has 0 saturated carbocycles. The molecule has 1 N–H and O–H groups in total. The quantitative estimate of drug-likeness (QED) is 0.674. The van der Waals surface area contributed by atoms with Crippen LogP contribution in [0.5, 0.6) is 11.5 Å². The number of amidine groups is 1. The summed E-state index contributed by atoms with van der Waals surface area (Å²) < 4.78 is 11.6. The molecule has 0 bridgehead atoms. The number of hydrogen-bond acceptors (Lipinski definition) is 6. The van der Waals surface area contributed by atoms with Crippen molar-refractivity contribution in [1.29, 1.82) is 0 Å². The molecule has 2 amide bonds. The molecule has 0 aliphatic carbocycles. The number of hydrogen-bond donors (Lipinski definition) is 1. The van der Waals surface area contributed by atoms with E-state index in [-0.39, 0.29) is 11.8 Å². The van der Waals surface area contributed by atoms with Crippen LogP contribution in [0, 0.1) is 6.92 Å². The van der Waals surface area contributed by atoms with Crippen molar-refractivity contribution >= 4 is 40.3 Å². The normalized spacial score (nSPS) is 15.5. The van der Waals surface area contributed by atoms with Crippen LogP contribution < -0.4 is 14.8 Å². The Morgan fingerprint density at radius 3 is 2.50 bits per heavy atom.